The molecule has 1 aliphatic carbocycles. The molecule has 146 valence electrons. The van der Waals surface area contributed by atoms with E-state index in [9.17, 15) is 8.42 Å². The molecule has 2 aliphatic rings. The molecule has 1 heterocycles. The molecule has 3 rings (SSSR count). The quantitative estimate of drug-likeness (QED) is 0.785. The summed E-state index contributed by atoms with van der Waals surface area (Å²) in [7, 11) is -3.48. The second kappa shape index (κ2) is 7.99. The summed E-state index contributed by atoms with van der Waals surface area (Å²) in [6, 6.07) is 8.87. The lowest BCUT2D eigenvalue weighted by atomic mass is 9.63. The second-order valence-electron chi connectivity index (χ2n) is 8.47. The Morgan fingerprint density at radius 3 is 2.73 bits per heavy atom. The van der Waals surface area contributed by atoms with Gasteiger partial charge in [-0.25, -0.2) is 13.6 Å². The monoisotopic (exact) mass is 378 g/mol. The molecular formula is C21H34N2O2S. The third-order valence-corrected chi connectivity index (χ3v) is 7.50. The number of nitrogens with two attached hydrogens (primary N) is 1. The molecule has 0 spiro atoms. The molecule has 0 radical (unpaired) electrons. The summed E-state index contributed by atoms with van der Waals surface area (Å²) < 4.78 is 22.9. The molecule has 2 bridgehead atoms. The standard InChI is InChI=1S/C21H34N2O2S/c1-3-17(4-2)15-23-12-11-21(10-6-9-20(23)14-21)19-8-5-7-18(13-19)16-26(22,24)25/h5,7-8,13,17,20H,3-4,6,9-12,14-16H2,1-2H3,(H2,22,24,25). The third-order valence-electron chi connectivity index (χ3n) is 6.77. The number of fused-ring (bicyclic) bond motifs is 2. The Balaban J connectivity index is 1.78. The van der Waals surface area contributed by atoms with Crippen LogP contribution >= 0.6 is 0 Å². The average molecular weight is 379 g/mol. The fraction of sp³-hybridized carbons (Fsp3) is 0.714. The van der Waals surface area contributed by atoms with Crippen LogP contribution in [0.4, 0.5) is 0 Å². The third kappa shape index (κ3) is 4.49. The number of piperidine rings is 1. The molecule has 2 atom stereocenters. The maximum atomic E-state index is 11.5. The van der Waals surface area contributed by atoms with Crippen LogP contribution in [0.25, 0.3) is 0 Å². The highest BCUT2D eigenvalue weighted by Crippen LogP contribution is 2.47. The zero-order valence-corrected chi connectivity index (χ0v) is 17.1. The fourth-order valence-corrected chi connectivity index (χ4v) is 5.80. The van der Waals surface area contributed by atoms with Crippen LogP contribution in [0.5, 0.6) is 0 Å². The summed E-state index contributed by atoms with van der Waals surface area (Å²) >= 11 is 0. The van der Waals surface area contributed by atoms with Gasteiger partial charge in [-0.3, -0.25) is 0 Å². The molecule has 5 heteroatoms. The van der Waals surface area contributed by atoms with Gasteiger partial charge in [0.1, 0.15) is 0 Å². The summed E-state index contributed by atoms with van der Waals surface area (Å²) in [6.07, 6.45) is 8.72. The lowest BCUT2D eigenvalue weighted by Crippen LogP contribution is -2.52. The summed E-state index contributed by atoms with van der Waals surface area (Å²) in [6.45, 7) is 7.01. The highest BCUT2D eigenvalue weighted by atomic mass is 32.2. The van der Waals surface area contributed by atoms with Crippen LogP contribution in [-0.2, 0) is 21.2 Å². The normalized spacial score (nSPS) is 27.0. The van der Waals surface area contributed by atoms with Gasteiger partial charge in [-0.05, 0) is 54.7 Å². The van der Waals surface area contributed by atoms with E-state index < -0.39 is 10.0 Å². The molecule has 0 amide bonds. The van der Waals surface area contributed by atoms with Gasteiger partial charge in [0.25, 0.3) is 0 Å². The Bertz CT molecular complexity index is 714. The minimum Gasteiger partial charge on any atom is -0.300 e. The molecule has 26 heavy (non-hydrogen) atoms. The molecular weight excluding hydrogens is 344 g/mol. The minimum absolute atomic E-state index is 0.0683. The number of nitrogens with zero attached hydrogens (tertiary/aromatic N) is 1. The van der Waals surface area contributed by atoms with Crippen LogP contribution in [0.15, 0.2) is 24.3 Å². The summed E-state index contributed by atoms with van der Waals surface area (Å²) in [5, 5.41) is 5.25. The van der Waals surface area contributed by atoms with Gasteiger partial charge >= 0.3 is 0 Å². The molecule has 0 aromatic heterocycles. The number of primary sulfonamides is 1. The lowest BCUT2D eigenvalue weighted by molar-refractivity contribution is 0.0391. The van der Waals surface area contributed by atoms with Gasteiger partial charge < -0.3 is 4.90 Å². The number of hydrogen-bond donors (Lipinski definition) is 1. The van der Waals surface area contributed by atoms with E-state index in [4.69, 9.17) is 5.14 Å². The largest absolute Gasteiger partial charge is 0.300 e. The Kier molecular flexibility index (Phi) is 6.10. The first kappa shape index (κ1) is 19.8. The predicted octanol–water partition coefficient (Wildman–Crippen LogP) is 3.80. The van der Waals surface area contributed by atoms with E-state index in [1.54, 1.807) is 0 Å². The van der Waals surface area contributed by atoms with Crippen molar-refractivity contribution >= 4 is 10.0 Å². The van der Waals surface area contributed by atoms with Crippen LogP contribution in [0.3, 0.4) is 0 Å². The lowest BCUT2D eigenvalue weighted by Gasteiger charge is -2.51. The van der Waals surface area contributed by atoms with Crippen LogP contribution in [0.2, 0.25) is 0 Å². The minimum atomic E-state index is -3.48. The van der Waals surface area contributed by atoms with Crippen molar-refractivity contribution in [3.8, 4) is 0 Å². The number of likely N-dealkylation sites (tertiary alicyclic amines) is 1. The smallest absolute Gasteiger partial charge is 0.213 e. The SMILES string of the molecule is CCC(CC)CN1CCC2(c3cccc(CS(N)(=O)=O)c3)CCCC1C2. The maximum Gasteiger partial charge on any atom is 0.213 e. The van der Waals surface area contributed by atoms with E-state index in [1.807, 2.05) is 12.1 Å². The number of sulfonamides is 1. The molecule has 1 aromatic rings. The van der Waals surface area contributed by atoms with Crippen LogP contribution in [0.1, 0.15) is 69.9 Å². The van der Waals surface area contributed by atoms with E-state index in [0.29, 0.717) is 6.04 Å². The second-order valence-corrected chi connectivity index (χ2v) is 10.1. The Labute approximate surface area is 159 Å². The van der Waals surface area contributed by atoms with Gasteiger partial charge in [0.2, 0.25) is 10.0 Å². The Hall–Kier alpha value is -0.910. The molecule has 2 unspecified atom stereocenters. The fourth-order valence-electron chi connectivity index (χ4n) is 5.16. The molecule has 2 fully saturated rings. The zero-order valence-electron chi connectivity index (χ0n) is 16.3. The van der Waals surface area contributed by atoms with Crippen molar-refractivity contribution in [3.63, 3.8) is 0 Å². The molecule has 4 nitrogen and oxygen atoms in total. The van der Waals surface area contributed by atoms with Crippen molar-refractivity contribution in [2.45, 2.75) is 76.0 Å². The topological polar surface area (TPSA) is 63.4 Å². The average Bonchev–Trinajstić information content (AvgIpc) is 2.60. The van der Waals surface area contributed by atoms with Crippen molar-refractivity contribution in [2.75, 3.05) is 13.1 Å². The van der Waals surface area contributed by atoms with Crippen LogP contribution in [-0.4, -0.2) is 32.4 Å². The van der Waals surface area contributed by atoms with Gasteiger partial charge in [0.15, 0.2) is 0 Å². The number of hydrogen-bond acceptors (Lipinski definition) is 3. The zero-order chi connectivity index (χ0) is 18.8. The molecule has 2 N–H and O–H groups in total. The summed E-state index contributed by atoms with van der Waals surface area (Å²) in [5.41, 5.74) is 2.37. The van der Waals surface area contributed by atoms with Crippen molar-refractivity contribution in [1.29, 1.82) is 0 Å². The first-order valence-electron chi connectivity index (χ1n) is 10.2. The van der Waals surface area contributed by atoms with Gasteiger partial charge in [0.05, 0.1) is 5.75 Å². The van der Waals surface area contributed by atoms with E-state index in [-0.39, 0.29) is 11.2 Å². The van der Waals surface area contributed by atoms with Gasteiger partial charge in [0, 0.05) is 12.6 Å². The van der Waals surface area contributed by atoms with Gasteiger partial charge in [-0.1, -0.05) is 57.4 Å². The van der Waals surface area contributed by atoms with E-state index in [1.165, 1.54) is 63.6 Å². The van der Waals surface area contributed by atoms with Gasteiger partial charge in [-0.2, -0.15) is 0 Å². The van der Waals surface area contributed by atoms with Crippen molar-refractivity contribution in [1.82, 2.24) is 4.90 Å². The predicted molar refractivity (Wildman–Crippen MR) is 107 cm³/mol. The summed E-state index contributed by atoms with van der Waals surface area (Å²) in [5.74, 6) is 0.740. The van der Waals surface area contributed by atoms with E-state index in [0.717, 1.165) is 11.5 Å². The van der Waals surface area contributed by atoms with Crippen LogP contribution < -0.4 is 5.14 Å². The van der Waals surface area contributed by atoms with Gasteiger partial charge in [-0.15, -0.1) is 0 Å². The number of rotatable bonds is 7. The first-order valence-corrected chi connectivity index (χ1v) is 11.9. The molecule has 1 aromatic carbocycles. The molecule has 1 saturated carbocycles. The number of benzene rings is 1. The Morgan fingerprint density at radius 2 is 2.04 bits per heavy atom. The molecule has 1 aliphatic heterocycles. The summed E-state index contributed by atoms with van der Waals surface area (Å²) in [4.78, 5) is 2.74. The van der Waals surface area contributed by atoms with Crippen LogP contribution in [0, 0.1) is 5.92 Å². The highest BCUT2D eigenvalue weighted by Gasteiger charge is 2.43. The van der Waals surface area contributed by atoms with E-state index in [2.05, 4.69) is 30.9 Å². The molecule has 1 saturated heterocycles. The Morgan fingerprint density at radius 1 is 1.27 bits per heavy atom. The highest BCUT2D eigenvalue weighted by molar-refractivity contribution is 7.88. The van der Waals surface area contributed by atoms with Crippen molar-refractivity contribution in [2.24, 2.45) is 11.1 Å². The van der Waals surface area contributed by atoms with Crippen molar-refractivity contribution in [3.05, 3.63) is 35.4 Å². The van der Waals surface area contributed by atoms with E-state index >= 15 is 0 Å². The van der Waals surface area contributed by atoms with Crippen molar-refractivity contribution < 1.29 is 8.42 Å². The first-order chi connectivity index (χ1) is 12.3. The maximum absolute atomic E-state index is 11.5.